The number of rotatable bonds is 5. The number of hydrogen-bond donors (Lipinski definition) is 1. The van der Waals surface area contributed by atoms with Crippen LogP contribution in [-0.4, -0.2) is 28.5 Å². The number of fused-ring (bicyclic) bond motifs is 2. The Morgan fingerprint density at radius 3 is 2.60 bits per heavy atom. The molecule has 0 amide bonds. The van der Waals surface area contributed by atoms with Crippen LogP contribution in [0.5, 0.6) is 5.75 Å². The molecule has 1 N–H and O–H groups in total. The molecule has 1 aliphatic heterocycles. The Balaban J connectivity index is 1.74. The van der Waals surface area contributed by atoms with E-state index in [1.165, 1.54) is 13.1 Å². The Kier molecular flexibility index (Phi) is 5.22. The molecule has 4 rings (SSSR count). The first-order chi connectivity index (χ1) is 14.2. The van der Waals surface area contributed by atoms with Gasteiger partial charge in [-0.3, -0.25) is 4.98 Å². The van der Waals surface area contributed by atoms with E-state index in [9.17, 15) is 18.3 Å². The second-order valence-electron chi connectivity index (χ2n) is 8.10. The summed E-state index contributed by atoms with van der Waals surface area (Å²) in [6.45, 7) is 3.72. The number of aliphatic hydroxyl groups is 1. The molecule has 2 heterocycles. The molecule has 1 aliphatic rings. The lowest BCUT2D eigenvalue weighted by molar-refractivity contribution is -0.279. The summed E-state index contributed by atoms with van der Waals surface area (Å²) in [5, 5.41) is 11.7. The van der Waals surface area contributed by atoms with Gasteiger partial charge in [0.05, 0.1) is 12.1 Å². The van der Waals surface area contributed by atoms with Gasteiger partial charge >= 0.3 is 6.18 Å². The number of aromatic nitrogens is 1. The molecule has 0 spiro atoms. The van der Waals surface area contributed by atoms with Crippen molar-refractivity contribution in [3.05, 3.63) is 71.4 Å². The zero-order valence-electron chi connectivity index (χ0n) is 16.9. The van der Waals surface area contributed by atoms with Gasteiger partial charge in [-0.05, 0) is 34.7 Å². The Hall–Kier alpha value is -2.60. The first-order valence-corrected chi connectivity index (χ1v) is 10.1. The fourth-order valence-corrected chi connectivity index (χ4v) is 4.40. The molecule has 0 aliphatic carbocycles. The summed E-state index contributed by atoms with van der Waals surface area (Å²) in [7, 11) is 0. The predicted octanol–water partition coefficient (Wildman–Crippen LogP) is 5.45. The van der Waals surface area contributed by atoms with Gasteiger partial charge in [0, 0.05) is 30.3 Å². The molecule has 3 atom stereocenters. The van der Waals surface area contributed by atoms with Crippen molar-refractivity contribution in [3.63, 3.8) is 0 Å². The predicted molar refractivity (Wildman–Crippen MR) is 110 cm³/mol. The standard InChI is InChI=1S/C24H24F3NO2/c1-15(19-8-5-6-17-11-13-30-22(17)19)16(2)23(29,24(25,26)27)14-18-10-12-28-21-9-4-3-7-20(18)21/h3-10,12,15-16,29H,11,13-14H2,1-2H3. The van der Waals surface area contributed by atoms with Crippen LogP contribution >= 0.6 is 0 Å². The number of ether oxygens (including phenoxy) is 1. The van der Waals surface area contributed by atoms with Crippen molar-refractivity contribution >= 4 is 10.9 Å². The van der Waals surface area contributed by atoms with Gasteiger partial charge in [0.1, 0.15) is 5.75 Å². The molecule has 2 aromatic carbocycles. The third-order valence-electron chi connectivity index (χ3n) is 6.43. The number of benzene rings is 2. The van der Waals surface area contributed by atoms with E-state index in [4.69, 9.17) is 4.74 Å². The first-order valence-electron chi connectivity index (χ1n) is 10.1. The minimum absolute atomic E-state index is 0.425. The summed E-state index contributed by atoms with van der Waals surface area (Å²) in [5.74, 6) is -0.992. The molecule has 0 fully saturated rings. The first kappa shape index (κ1) is 20.7. The number of pyridine rings is 1. The van der Waals surface area contributed by atoms with E-state index in [1.807, 2.05) is 12.1 Å². The van der Waals surface area contributed by atoms with Crippen LogP contribution in [0.3, 0.4) is 0 Å². The average Bonchev–Trinajstić information content (AvgIpc) is 3.21. The van der Waals surface area contributed by atoms with Crippen molar-refractivity contribution in [1.82, 2.24) is 4.98 Å². The van der Waals surface area contributed by atoms with E-state index in [-0.39, 0.29) is 0 Å². The second-order valence-corrected chi connectivity index (χ2v) is 8.10. The zero-order valence-corrected chi connectivity index (χ0v) is 16.9. The molecule has 0 saturated carbocycles. The maximum absolute atomic E-state index is 14.3. The van der Waals surface area contributed by atoms with Crippen molar-refractivity contribution < 1.29 is 23.0 Å². The number of hydrogen-bond acceptors (Lipinski definition) is 3. The molecular formula is C24H24F3NO2. The topological polar surface area (TPSA) is 42.4 Å². The van der Waals surface area contributed by atoms with E-state index in [0.717, 1.165) is 12.0 Å². The van der Waals surface area contributed by atoms with Gasteiger partial charge in [-0.25, -0.2) is 0 Å². The van der Waals surface area contributed by atoms with E-state index < -0.39 is 30.0 Å². The summed E-state index contributed by atoms with van der Waals surface area (Å²) in [5.41, 5.74) is -0.164. The van der Waals surface area contributed by atoms with Crippen LogP contribution in [-0.2, 0) is 12.8 Å². The van der Waals surface area contributed by atoms with Gasteiger partial charge in [0.15, 0.2) is 5.60 Å². The van der Waals surface area contributed by atoms with Crippen molar-refractivity contribution in [2.75, 3.05) is 6.61 Å². The maximum atomic E-state index is 14.3. The van der Waals surface area contributed by atoms with Crippen LogP contribution in [0.4, 0.5) is 13.2 Å². The molecule has 3 unspecified atom stereocenters. The lowest BCUT2D eigenvalue weighted by atomic mass is 9.73. The summed E-state index contributed by atoms with van der Waals surface area (Å²) < 4.78 is 48.6. The van der Waals surface area contributed by atoms with E-state index >= 15 is 0 Å². The van der Waals surface area contributed by atoms with Gasteiger partial charge in [0.25, 0.3) is 0 Å². The quantitative estimate of drug-likeness (QED) is 0.603. The second kappa shape index (κ2) is 7.58. The molecule has 158 valence electrons. The van der Waals surface area contributed by atoms with Gasteiger partial charge < -0.3 is 9.84 Å². The van der Waals surface area contributed by atoms with Crippen molar-refractivity contribution in [2.45, 2.75) is 44.4 Å². The summed E-state index contributed by atoms with van der Waals surface area (Å²) in [4.78, 5) is 4.22. The normalized spacial score (nSPS) is 17.8. The molecule has 6 heteroatoms. The minimum Gasteiger partial charge on any atom is -0.493 e. The summed E-state index contributed by atoms with van der Waals surface area (Å²) in [6.07, 6.45) is -3.11. The highest BCUT2D eigenvalue weighted by Crippen LogP contribution is 2.47. The monoisotopic (exact) mass is 415 g/mol. The highest BCUT2D eigenvalue weighted by molar-refractivity contribution is 5.82. The third kappa shape index (κ3) is 3.43. The molecule has 0 bridgehead atoms. The molecule has 30 heavy (non-hydrogen) atoms. The largest absolute Gasteiger partial charge is 0.493 e. The highest BCUT2D eigenvalue weighted by atomic mass is 19.4. The Morgan fingerprint density at radius 2 is 1.83 bits per heavy atom. The van der Waals surface area contributed by atoms with Crippen LogP contribution in [0.1, 0.15) is 36.5 Å². The highest BCUT2D eigenvalue weighted by Gasteiger charge is 2.58. The van der Waals surface area contributed by atoms with Crippen molar-refractivity contribution in [3.8, 4) is 5.75 Å². The number of para-hydroxylation sites is 2. The molecule has 3 aromatic rings. The van der Waals surface area contributed by atoms with Gasteiger partial charge in [-0.1, -0.05) is 50.2 Å². The smallest absolute Gasteiger partial charge is 0.417 e. The molecule has 1 aromatic heterocycles. The van der Waals surface area contributed by atoms with Crippen LogP contribution in [0, 0.1) is 5.92 Å². The lowest BCUT2D eigenvalue weighted by Crippen LogP contribution is -2.53. The molecular weight excluding hydrogens is 391 g/mol. The van der Waals surface area contributed by atoms with E-state index in [1.54, 1.807) is 43.3 Å². The summed E-state index contributed by atoms with van der Waals surface area (Å²) in [6, 6.07) is 14.2. The molecule has 3 nitrogen and oxygen atoms in total. The van der Waals surface area contributed by atoms with Gasteiger partial charge in [-0.2, -0.15) is 13.2 Å². The molecule has 0 radical (unpaired) electrons. The summed E-state index contributed by atoms with van der Waals surface area (Å²) >= 11 is 0. The van der Waals surface area contributed by atoms with E-state index in [0.29, 0.717) is 34.4 Å². The maximum Gasteiger partial charge on any atom is 0.417 e. The van der Waals surface area contributed by atoms with Crippen LogP contribution < -0.4 is 4.74 Å². The average molecular weight is 415 g/mol. The van der Waals surface area contributed by atoms with Crippen LogP contribution in [0.25, 0.3) is 10.9 Å². The fourth-order valence-electron chi connectivity index (χ4n) is 4.40. The van der Waals surface area contributed by atoms with Gasteiger partial charge in [0.2, 0.25) is 0 Å². The minimum atomic E-state index is -4.80. The fraction of sp³-hybridized carbons (Fsp3) is 0.375. The van der Waals surface area contributed by atoms with Crippen molar-refractivity contribution in [2.24, 2.45) is 5.92 Å². The van der Waals surface area contributed by atoms with Crippen LogP contribution in [0.15, 0.2) is 54.7 Å². The molecule has 0 saturated heterocycles. The number of nitrogens with zero attached hydrogens (tertiary/aromatic N) is 1. The van der Waals surface area contributed by atoms with E-state index in [2.05, 4.69) is 4.98 Å². The third-order valence-corrected chi connectivity index (χ3v) is 6.43. The SMILES string of the molecule is CC(c1cccc2c1OCC2)C(C)C(O)(Cc1ccnc2ccccc12)C(F)(F)F. The lowest BCUT2D eigenvalue weighted by Gasteiger charge is -2.39. The zero-order chi connectivity index (χ0) is 21.5. The Bertz CT molecular complexity index is 1060. The Labute approximate surface area is 173 Å². The Morgan fingerprint density at radius 1 is 1.07 bits per heavy atom. The van der Waals surface area contributed by atoms with Crippen LogP contribution in [0.2, 0.25) is 0 Å². The number of halogens is 3. The van der Waals surface area contributed by atoms with Crippen molar-refractivity contribution in [1.29, 1.82) is 0 Å². The number of alkyl halides is 3. The van der Waals surface area contributed by atoms with Gasteiger partial charge in [-0.15, -0.1) is 0 Å².